The monoisotopic (exact) mass is 280 g/mol. The number of aromatic nitrogens is 1. The molecule has 0 radical (unpaired) electrons. The lowest BCUT2D eigenvalue weighted by Gasteiger charge is -2.06. The van der Waals surface area contributed by atoms with E-state index in [1.807, 2.05) is 13.0 Å². The summed E-state index contributed by atoms with van der Waals surface area (Å²) in [5, 5.41) is 13.2. The molecule has 2 heterocycles. The smallest absolute Gasteiger partial charge is 0.325 e. The van der Waals surface area contributed by atoms with E-state index in [-0.39, 0.29) is 5.69 Å². The van der Waals surface area contributed by atoms with Crippen molar-refractivity contribution >= 4 is 23.2 Å². The zero-order chi connectivity index (χ0) is 14.0. The minimum Gasteiger partial charge on any atom is -0.480 e. The van der Waals surface area contributed by atoms with Crippen LogP contribution in [0.3, 0.4) is 0 Å². The summed E-state index contributed by atoms with van der Waals surface area (Å²) in [4.78, 5) is 26.5. The SMILES string of the molecule is Cc1ccc(-c2nc(C(=O)N[C@H](C)C(=O)O)cs2)o1. The molecule has 0 aliphatic heterocycles. The number of nitrogens with one attached hydrogen (secondary N) is 1. The number of rotatable bonds is 4. The molecule has 0 saturated carbocycles. The molecule has 0 aliphatic carbocycles. The molecule has 0 spiro atoms. The summed E-state index contributed by atoms with van der Waals surface area (Å²) in [6.07, 6.45) is 0. The number of thiazole rings is 1. The van der Waals surface area contributed by atoms with Gasteiger partial charge in [0.05, 0.1) is 0 Å². The summed E-state index contributed by atoms with van der Waals surface area (Å²) in [6, 6.07) is 2.63. The highest BCUT2D eigenvalue weighted by molar-refractivity contribution is 7.13. The van der Waals surface area contributed by atoms with Crippen molar-refractivity contribution in [2.45, 2.75) is 19.9 Å². The Morgan fingerprint density at radius 2 is 2.21 bits per heavy atom. The van der Waals surface area contributed by atoms with Crippen LogP contribution in [0, 0.1) is 6.92 Å². The van der Waals surface area contributed by atoms with Gasteiger partial charge < -0.3 is 14.8 Å². The molecule has 1 atom stereocenters. The minimum absolute atomic E-state index is 0.183. The fraction of sp³-hybridized carbons (Fsp3) is 0.250. The van der Waals surface area contributed by atoms with Gasteiger partial charge in [0.15, 0.2) is 10.8 Å². The molecular formula is C12H12N2O4S. The van der Waals surface area contributed by atoms with E-state index in [1.54, 1.807) is 11.4 Å². The molecule has 6 nitrogen and oxygen atoms in total. The minimum atomic E-state index is -1.09. The van der Waals surface area contributed by atoms with Crippen LogP contribution in [0.1, 0.15) is 23.2 Å². The van der Waals surface area contributed by atoms with Crippen LogP contribution in [0.5, 0.6) is 0 Å². The quantitative estimate of drug-likeness (QED) is 0.892. The Morgan fingerprint density at radius 3 is 2.79 bits per heavy atom. The second kappa shape index (κ2) is 5.23. The third-order valence-electron chi connectivity index (χ3n) is 2.41. The molecule has 0 aliphatic rings. The van der Waals surface area contributed by atoms with E-state index in [1.165, 1.54) is 18.3 Å². The molecular weight excluding hydrogens is 268 g/mol. The van der Waals surface area contributed by atoms with E-state index in [0.29, 0.717) is 10.8 Å². The zero-order valence-electron chi connectivity index (χ0n) is 10.3. The van der Waals surface area contributed by atoms with E-state index >= 15 is 0 Å². The van der Waals surface area contributed by atoms with Gasteiger partial charge in [0.2, 0.25) is 0 Å². The fourth-order valence-corrected chi connectivity index (χ4v) is 2.13. The molecule has 19 heavy (non-hydrogen) atoms. The average Bonchev–Trinajstić information content (AvgIpc) is 2.96. The maximum Gasteiger partial charge on any atom is 0.325 e. The van der Waals surface area contributed by atoms with E-state index in [9.17, 15) is 9.59 Å². The van der Waals surface area contributed by atoms with Crippen LogP contribution >= 0.6 is 11.3 Å². The van der Waals surface area contributed by atoms with Crippen molar-refractivity contribution in [1.82, 2.24) is 10.3 Å². The second-order valence-electron chi connectivity index (χ2n) is 3.98. The molecule has 0 unspecified atom stereocenters. The Labute approximate surface area is 113 Å². The standard InChI is InChI=1S/C12H12N2O4S/c1-6-3-4-9(18-6)11-14-8(5-19-11)10(15)13-7(2)12(16)17/h3-5,7H,1-2H3,(H,13,15)(H,16,17)/t7-/m1/s1. The van der Waals surface area contributed by atoms with Gasteiger partial charge in [0.1, 0.15) is 17.5 Å². The van der Waals surface area contributed by atoms with Crippen molar-refractivity contribution in [3.8, 4) is 10.8 Å². The van der Waals surface area contributed by atoms with Crippen LogP contribution in [-0.2, 0) is 4.79 Å². The summed E-state index contributed by atoms with van der Waals surface area (Å²) in [7, 11) is 0. The van der Waals surface area contributed by atoms with Crippen molar-refractivity contribution in [3.63, 3.8) is 0 Å². The predicted octanol–water partition coefficient (Wildman–Crippen LogP) is 1.91. The van der Waals surface area contributed by atoms with Gasteiger partial charge in [-0.3, -0.25) is 9.59 Å². The maximum atomic E-state index is 11.7. The number of carboxylic acid groups (broad SMARTS) is 1. The number of hydrogen-bond donors (Lipinski definition) is 2. The molecule has 2 rings (SSSR count). The number of hydrogen-bond acceptors (Lipinski definition) is 5. The van der Waals surface area contributed by atoms with Crippen LogP contribution in [-0.4, -0.2) is 28.0 Å². The number of aryl methyl sites for hydroxylation is 1. The number of amides is 1. The van der Waals surface area contributed by atoms with Gasteiger partial charge in [-0.2, -0.15) is 0 Å². The molecule has 0 fully saturated rings. The van der Waals surface area contributed by atoms with Gasteiger partial charge in [-0.05, 0) is 26.0 Å². The van der Waals surface area contributed by atoms with Gasteiger partial charge in [-0.25, -0.2) is 4.98 Å². The summed E-state index contributed by atoms with van der Waals surface area (Å²) in [5.74, 6) is -0.255. The maximum absolute atomic E-state index is 11.7. The van der Waals surface area contributed by atoms with Crippen molar-refractivity contribution in [2.75, 3.05) is 0 Å². The number of carbonyl (C=O) groups is 2. The third-order valence-corrected chi connectivity index (χ3v) is 3.26. The molecule has 100 valence electrons. The Kier molecular flexibility index (Phi) is 3.66. The summed E-state index contributed by atoms with van der Waals surface area (Å²) in [6.45, 7) is 3.21. The van der Waals surface area contributed by atoms with Crippen molar-refractivity contribution in [1.29, 1.82) is 0 Å². The number of nitrogens with zero attached hydrogens (tertiary/aromatic N) is 1. The molecule has 0 aromatic carbocycles. The first kappa shape index (κ1) is 13.3. The lowest BCUT2D eigenvalue weighted by atomic mass is 10.3. The molecule has 1 amide bonds. The molecule has 0 bridgehead atoms. The highest BCUT2D eigenvalue weighted by Gasteiger charge is 2.18. The molecule has 2 aromatic rings. The normalized spacial score (nSPS) is 12.1. The number of carbonyl (C=O) groups excluding carboxylic acids is 1. The van der Waals surface area contributed by atoms with Gasteiger partial charge in [0, 0.05) is 5.38 Å². The van der Waals surface area contributed by atoms with E-state index in [2.05, 4.69) is 10.3 Å². The van der Waals surface area contributed by atoms with Crippen LogP contribution in [0.4, 0.5) is 0 Å². The zero-order valence-corrected chi connectivity index (χ0v) is 11.2. The summed E-state index contributed by atoms with van der Waals surface area (Å²) >= 11 is 1.27. The summed E-state index contributed by atoms with van der Waals surface area (Å²) < 4.78 is 5.40. The van der Waals surface area contributed by atoms with Gasteiger partial charge in [-0.1, -0.05) is 0 Å². The van der Waals surface area contributed by atoms with Gasteiger partial charge in [-0.15, -0.1) is 11.3 Å². The predicted molar refractivity (Wildman–Crippen MR) is 69.1 cm³/mol. The number of carboxylic acids is 1. The first-order chi connectivity index (χ1) is 8.97. The van der Waals surface area contributed by atoms with E-state index in [0.717, 1.165) is 5.76 Å². The Bertz CT molecular complexity index is 617. The molecule has 7 heteroatoms. The lowest BCUT2D eigenvalue weighted by molar-refractivity contribution is -0.138. The van der Waals surface area contributed by atoms with Crippen LogP contribution in [0.15, 0.2) is 21.9 Å². The van der Waals surface area contributed by atoms with Gasteiger partial charge in [0.25, 0.3) is 5.91 Å². The third kappa shape index (κ3) is 3.00. The van der Waals surface area contributed by atoms with Crippen molar-refractivity contribution in [2.24, 2.45) is 0 Å². The Balaban J connectivity index is 2.13. The van der Waals surface area contributed by atoms with E-state index in [4.69, 9.17) is 9.52 Å². The molecule has 2 aromatic heterocycles. The van der Waals surface area contributed by atoms with Crippen LogP contribution < -0.4 is 5.32 Å². The average molecular weight is 280 g/mol. The molecule has 2 N–H and O–H groups in total. The summed E-state index contributed by atoms with van der Waals surface area (Å²) in [5.41, 5.74) is 0.183. The van der Waals surface area contributed by atoms with Crippen molar-refractivity contribution < 1.29 is 19.1 Å². The number of furan rings is 1. The highest BCUT2D eigenvalue weighted by Crippen LogP contribution is 2.25. The first-order valence-electron chi connectivity index (χ1n) is 5.53. The lowest BCUT2D eigenvalue weighted by Crippen LogP contribution is -2.38. The largest absolute Gasteiger partial charge is 0.480 e. The molecule has 0 saturated heterocycles. The van der Waals surface area contributed by atoms with Crippen LogP contribution in [0.25, 0.3) is 10.8 Å². The Morgan fingerprint density at radius 1 is 1.47 bits per heavy atom. The Hall–Kier alpha value is -2.15. The van der Waals surface area contributed by atoms with E-state index < -0.39 is 17.9 Å². The second-order valence-corrected chi connectivity index (χ2v) is 4.84. The fourth-order valence-electron chi connectivity index (χ4n) is 1.37. The van der Waals surface area contributed by atoms with Crippen molar-refractivity contribution in [3.05, 3.63) is 29.0 Å². The van der Waals surface area contributed by atoms with Crippen LogP contribution in [0.2, 0.25) is 0 Å². The highest BCUT2D eigenvalue weighted by atomic mass is 32.1. The number of aliphatic carboxylic acids is 1. The first-order valence-corrected chi connectivity index (χ1v) is 6.41. The topological polar surface area (TPSA) is 92.4 Å². The van der Waals surface area contributed by atoms with Gasteiger partial charge >= 0.3 is 5.97 Å².